The van der Waals surface area contributed by atoms with Crippen molar-refractivity contribution in [3.63, 3.8) is 0 Å². The van der Waals surface area contributed by atoms with Gasteiger partial charge in [-0.05, 0) is 0 Å². The molecule has 2 aromatic rings. The molecule has 0 amide bonds. The number of aromatic nitrogens is 1. The van der Waals surface area contributed by atoms with Crippen LogP contribution in [0.2, 0.25) is 0 Å². The molecule has 0 atom stereocenters. The number of hydrogen-bond acceptors (Lipinski definition) is 6. The van der Waals surface area contributed by atoms with E-state index in [1.54, 1.807) is 0 Å². The third-order valence-electron chi connectivity index (χ3n) is 2.16. The van der Waals surface area contributed by atoms with Crippen LogP contribution in [-0.2, 0) is 0 Å². The van der Waals surface area contributed by atoms with Gasteiger partial charge in [0.2, 0.25) is 0 Å². The van der Waals surface area contributed by atoms with Crippen molar-refractivity contribution in [2.45, 2.75) is 0 Å². The number of benzene rings is 1. The van der Waals surface area contributed by atoms with E-state index in [0.29, 0.717) is 0 Å². The lowest BCUT2D eigenvalue weighted by Crippen LogP contribution is -1.94. The van der Waals surface area contributed by atoms with E-state index in [1.807, 2.05) is 0 Å². The fourth-order valence-corrected chi connectivity index (χ4v) is 1.39. The zero-order chi connectivity index (χ0) is 13.3. The Morgan fingerprint density at radius 1 is 1.00 bits per heavy atom. The minimum Gasteiger partial charge on any atom is -0.339 e. The van der Waals surface area contributed by atoms with Crippen LogP contribution in [-0.4, -0.2) is 15.0 Å². The van der Waals surface area contributed by atoms with Crippen LogP contribution in [0.1, 0.15) is 0 Å². The molecule has 0 bridgehead atoms. The minimum absolute atomic E-state index is 0.127. The average Bonchev–Trinajstić information content (AvgIpc) is 2.75. The van der Waals surface area contributed by atoms with Gasteiger partial charge in [-0.1, -0.05) is 0 Å². The van der Waals surface area contributed by atoms with Gasteiger partial charge in [0, 0.05) is 17.7 Å². The first-order valence-corrected chi connectivity index (χ1v) is 4.60. The number of non-ortho nitro benzene ring substituents is 2. The van der Waals surface area contributed by atoms with E-state index in [4.69, 9.17) is 0 Å². The number of rotatable bonds is 3. The van der Waals surface area contributed by atoms with Crippen molar-refractivity contribution in [3.05, 3.63) is 54.9 Å². The highest BCUT2D eigenvalue weighted by Crippen LogP contribution is 2.28. The average molecular weight is 251 g/mol. The summed E-state index contributed by atoms with van der Waals surface area (Å²) >= 11 is 0. The van der Waals surface area contributed by atoms with Crippen molar-refractivity contribution in [2.75, 3.05) is 0 Å². The Morgan fingerprint density at radius 3 is 1.94 bits per heavy atom. The normalized spacial score (nSPS) is 10.2. The molecule has 0 saturated carbocycles. The molecule has 0 fully saturated rings. The number of aromatic amines is 1. The van der Waals surface area contributed by atoms with Crippen LogP contribution in [0.3, 0.4) is 0 Å². The second-order valence-electron chi connectivity index (χ2n) is 3.33. The van der Waals surface area contributed by atoms with Crippen LogP contribution in [0.15, 0.2) is 33.6 Å². The van der Waals surface area contributed by atoms with Crippen molar-refractivity contribution in [1.82, 2.24) is 5.16 Å². The maximum absolute atomic E-state index is 10.8. The van der Waals surface area contributed by atoms with Gasteiger partial charge in [-0.2, -0.15) is 0 Å². The number of H-pyrrole nitrogens is 1. The van der Waals surface area contributed by atoms with E-state index in [-0.39, 0.29) is 11.3 Å². The molecule has 1 aromatic heterocycles. The summed E-state index contributed by atoms with van der Waals surface area (Å²) in [6.07, 6.45) is 0. The van der Waals surface area contributed by atoms with E-state index < -0.39 is 26.8 Å². The zero-order valence-corrected chi connectivity index (χ0v) is 8.65. The zero-order valence-electron chi connectivity index (χ0n) is 8.65. The topological polar surface area (TPSA) is 132 Å². The van der Waals surface area contributed by atoms with Crippen molar-refractivity contribution in [3.8, 4) is 11.3 Å². The number of nitro benzene ring substituents is 2. The first kappa shape index (κ1) is 11.5. The van der Waals surface area contributed by atoms with Gasteiger partial charge >= 0.3 is 5.63 Å². The lowest BCUT2D eigenvalue weighted by Gasteiger charge is -1.98. The second-order valence-corrected chi connectivity index (χ2v) is 3.33. The lowest BCUT2D eigenvalue weighted by atomic mass is 10.1. The molecule has 18 heavy (non-hydrogen) atoms. The summed E-state index contributed by atoms with van der Waals surface area (Å²) in [6.45, 7) is 0. The molecule has 0 spiro atoms. The van der Waals surface area contributed by atoms with E-state index in [9.17, 15) is 25.0 Å². The maximum Gasteiger partial charge on any atom is 0.357 e. The molecule has 2 rings (SSSR count). The Labute approximate surface area is 97.9 Å². The summed E-state index contributed by atoms with van der Waals surface area (Å²) in [4.78, 5) is 30.6. The highest BCUT2D eigenvalue weighted by atomic mass is 16.6. The summed E-state index contributed by atoms with van der Waals surface area (Å²) in [5.74, 6) is 0. The predicted molar refractivity (Wildman–Crippen MR) is 58.1 cm³/mol. The van der Waals surface area contributed by atoms with Crippen LogP contribution >= 0.6 is 0 Å². The Bertz CT molecular complexity index is 653. The van der Waals surface area contributed by atoms with Gasteiger partial charge in [0.1, 0.15) is 0 Å². The van der Waals surface area contributed by atoms with Gasteiger partial charge in [0.25, 0.3) is 11.4 Å². The minimum atomic E-state index is -0.755. The molecule has 0 unspecified atom stereocenters. The third-order valence-corrected chi connectivity index (χ3v) is 2.16. The molecular weight excluding hydrogens is 246 g/mol. The SMILES string of the molecule is O=c1cc(-c2cc([N+](=O)[O-])cc([N+](=O)[O-])c2)[nH]o1. The Morgan fingerprint density at radius 2 is 1.56 bits per heavy atom. The smallest absolute Gasteiger partial charge is 0.339 e. The molecule has 9 heteroatoms. The number of nitro groups is 2. The van der Waals surface area contributed by atoms with Crippen LogP contribution < -0.4 is 5.63 Å². The lowest BCUT2D eigenvalue weighted by molar-refractivity contribution is -0.394. The highest BCUT2D eigenvalue weighted by Gasteiger charge is 2.18. The first-order chi connectivity index (χ1) is 8.47. The van der Waals surface area contributed by atoms with E-state index in [1.165, 1.54) is 0 Å². The van der Waals surface area contributed by atoms with Gasteiger partial charge in [-0.15, -0.1) is 0 Å². The second kappa shape index (κ2) is 4.13. The molecule has 0 aliphatic carbocycles. The van der Waals surface area contributed by atoms with Crippen molar-refractivity contribution in [1.29, 1.82) is 0 Å². The standard InChI is InChI=1S/C9H5N3O6/c13-9-4-8(10-18-9)5-1-6(11(14)15)3-7(2-5)12(16)17/h1-4,10H. The van der Waals surface area contributed by atoms with Gasteiger partial charge in [0.05, 0.1) is 27.7 Å². The van der Waals surface area contributed by atoms with E-state index in [0.717, 1.165) is 24.3 Å². The van der Waals surface area contributed by atoms with Crippen LogP contribution in [0, 0.1) is 20.2 Å². The van der Waals surface area contributed by atoms with E-state index >= 15 is 0 Å². The van der Waals surface area contributed by atoms with Gasteiger partial charge in [-0.3, -0.25) is 20.2 Å². The molecule has 9 nitrogen and oxygen atoms in total. The quantitative estimate of drug-likeness (QED) is 0.648. The molecule has 1 aromatic carbocycles. The summed E-state index contributed by atoms with van der Waals surface area (Å²) in [5, 5.41) is 23.5. The first-order valence-electron chi connectivity index (χ1n) is 4.60. The molecule has 1 N–H and O–H groups in total. The highest BCUT2D eigenvalue weighted by molar-refractivity contribution is 5.66. The fourth-order valence-electron chi connectivity index (χ4n) is 1.39. The summed E-state index contributed by atoms with van der Waals surface area (Å²) in [5.41, 5.74) is -1.31. The van der Waals surface area contributed by atoms with Crippen molar-refractivity contribution >= 4 is 11.4 Å². The molecule has 0 aliphatic rings. The monoisotopic (exact) mass is 251 g/mol. The van der Waals surface area contributed by atoms with Crippen LogP contribution in [0.25, 0.3) is 11.3 Å². The maximum atomic E-state index is 10.8. The Hall–Kier alpha value is -2.97. The van der Waals surface area contributed by atoms with Gasteiger partial charge in [0.15, 0.2) is 0 Å². The predicted octanol–water partition coefficient (Wildman–Crippen LogP) is 1.45. The molecule has 0 aliphatic heterocycles. The molecule has 0 radical (unpaired) electrons. The molecule has 1 heterocycles. The summed E-state index contributed by atoms with van der Waals surface area (Å²) in [7, 11) is 0. The van der Waals surface area contributed by atoms with Gasteiger partial charge in [-0.25, -0.2) is 9.95 Å². The molecule has 0 saturated heterocycles. The largest absolute Gasteiger partial charge is 0.357 e. The third kappa shape index (κ3) is 2.09. The Balaban J connectivity index is 2.63. The van der Waals surface area contributed by atoms with Gasteiger partial charge < -0.3 is 4.52 Å². The van der Waals surface area contributed by atoms with E-state index in [2.05, 4.69) is 9.68 Å². The van der Waals surface area contributed by atoms with Crippen LogP contribution in [0.5, 0.6) is 0 Å². The summed E-state index contributed by atoms with van der Waals surface area (Å²) in [6, 6.07) is 4.09. The number of nitrogens with one attached hydrogen (secondary N) is 1. The molecule has 92 valence electrons. The summed E-state index contributed by atoms with van der Waals surface area (Å²) < 4.78 is 4.40. The molecular formula is C9H5N3O6. The van der Waals surface area contributed by atoms with Crippen molar-refractivity contribution in [2.24, 2.45) is 0 Å². The van der Waals surface area contributed by atoms with Crippen molar-refractivity contribution < 1.29 is 14.4 Å². The number of hydrogen-bond donors (Lipinski definition) is 1. The Kier molecular flexibility index (Phi) is 2.64. The van der Waals surface area contributed by atoms with Crippen LogP contribution in [0.4, 0.5) is 11.4 Å². The fraction of sp³-hybridized carbons (Fsp3) is 0. The number of nitrogens with zero attached hydrogens (tertiary/aromatic N) is 2.